The molecule has 0 amide bonds. The van der Waals surface area contributed by atoms with Gasteiger partial charge in [-0.05, 0) is 63.4 Å². The summed E-state index contributed by atoms with van der Waals surface area (Å²) in [5, 5.41) is 7.55. The highest BCUT2D eigenvalue weighted by molar-refractivity contribution is 6.31. The third-order valence-corrected chi connectivity index (χ3v) is 7.67. The second-order valence-corrected chi connectivity index (χ2v) is 12.2. The van der Waals surface area contributed by atoms with E-state index in [-0.39, 0.29) is 45.7 Å². The Morgan fingerprint density at radius 3 is 2.40 bits per heavy atom. The van der Waals surface area contributed by atoms with Gasteiger partial charge in [0.25, 0.3) is 5.89 Å². The van der Waals surface area contributed by atoms with E-state index in [4.69, 9.17) is 43.1 Å². The fourth-order valence-corrected chi connectivity index (χ4v) is 5.69. The summed E-state index contributed by atoms with van der Waals surface area (Å²) in [4.78, 5) is 18.0. The van der Waals surface area contributed by atoms with Crippen LogP contribution in [-0.4, -0.2) is 31.3 Å². The average Bonchev–Trinajstić information content (AvgIpc) is 3.40. The molecule has 0 aliphatic heterocycles. The lowest BCUT2D eigenvalue weighted by atomic mass is 9.98. The molecule has 0 unspecified atom stereocenters. The summed E-state index contributed by atoms with van der Waals surface area (Å²) < 4.78 is 43.4. The lowest BCUT2D eigenvalue weighted by molar-refractivity contribution is -0.153. The lowest BCUT2D eigenvalue weighted by Crippen LogP contribution is -2.25. The average molecular weight is 619 g/mol. The Morgan fingerprint density at radius 2 is 1.79 bits per heavy atom. The van der Waals surface area contributed by atoms with Crippen LogP contribution in [0.5, 0.6) is 0 Å². The molecule has 0 atom stereocenters. The minimum absolute atomic E-state index is 0.00676. The van der Waals surface area contributed by atoms with Crippen LogP contribution in [0.4, 0.5) is 14.8 Å². The van der Waals surface area contributed by atoms with Gasteiger partial charge in [0.1, 0.15) is 17.2 Å². The van der Waals surface area contributed by atoms with Crippen LogP contribution in [0, 0.1) is 11.6 Å². The molecule has 12 heteroatoms. The molecule has 1 fully saturated rings. The Morgan fingerprint density at radius 1 is 1.07 bits per heavy atom. The van der Waals surface area contributed by atoms with Gasteiger partial charge >= 0.3 is 12.0 Å². The molecule has 8 nitrogen and oxygen atoms in total. The zero-order chi connectivity index (χ0) is 30.2. The summed E-state index contributed by atoms with van der Waals surface area (Å²) in [5.41, 5.74) is 6.30. The van der Waals surface area contributed by atoms with Crippen molar-refractivity contribution in [2.24, 2.45) is 0 Å². The number of carbonyl (C=O) groups is 1. The van der Waals surface area contributed by atoms with Gasteiger partial charge < -0.3 is 14.9 Å². The van der Waals surface area contributed by atoms with Crippen LogP contribution in [0.25, 0.3) is 28.5 Å². The predicted octanol–water partition coefficient (Wildman–Crippen LogP) is 8.08. The number of nitrogen functional groups attached to an aromatic ring is 1. The fraction of sp³-hybridized carbons (Fsp3) is 0.400. The van der Waals surface area contributed by atoms with Gasteiger partial charge in [-0.25, -0.2) is 13.8 Å². The maximum Gasteiger partial charge on any atom is 0.313 e. The van der Waals surface area contributed by atoms with E-state index in [1.54, 1.807) is 31.4 Å². The number of imidazole rings is 1. The molecule has 1 saturated carbocycles. The molecule has 1 aliphatic carbocycles. The van der Waals surface area contributed by atoms with Crippen molar-refractivity contribution in [3.8, 4) is 28.5 Å². The first-order valence-electron chi connectivity index (χ1n) is 13.8. The van der Waals surface area contributed by atoms with Crippen LogP contribution >= 0.6 is 23.2 Å². The van der Waals surface area contributed by atoms with E-state index in [0.29, 0.717) is 22.6 Å². The molecule has 2 aromatic heterocycles. The lowest BCUT2D eigenvalue weighted by Gasteiger charge is -2.23. The molecule has 2 aromatic carbocycles. The van der Waals surface area contributed by atoms with Crippen LogP contribution < -0.4 is 5.73 Å². The van der Waals surface area contributed by atoms with Crippen molar-refractivity contribution in [2.75, 3.05) is 5.73 Å². The van der Waals surface area contributed by atoms with Gasteiger partial charge in [0, 0.05) is 11.5 Å². The van der Waals surface area contributed by atoms with Gasteiger partial charge in [0.05, 0.1) is 27.8 Å². The van der Waals surface area contributed by atoms with Crippen LogP contribution in [0.15, 0.2) is 34.7 Å². The Hall–Kier alpha value is -3.50. The molecule has 0 bridgehead atoms. The fourth-order valence-electron chi connectivity index (χ4n) is 5.36. The largest absolute Gasteiger partial charge is 0.460 e. The van der Waals surface area contributed by atoms with E-state index in [1.807, 2.05) is 0 Å². The van der Waals surface area contributed by atoms with Gasteiger partial charge in [-0.1, -0.05) is 60.1 Å². The van der Waals surface area contributed by atoms with E-state index in [2.05, 4.69) is 10.2 Å². The molecule has 222 valence electrons. The van der Waals surface area contributed by atoms with Crippen molar-refractivity contribution in [1.82, 2.24) is 19.7 Å². The number of nitrogens with zero attached hydrogens (tertiary/aromatic N) is 4. The summed E-state index contributed by atoms with van der Waals surface area (Å²) in [6.45, 7) is 5.27. The van der Waals surface area contributed by atoms with Crippen molar-refractivity contribution in [3.05, 3.63) is 63.4 Å². The van der Waals surface area contributed by atoms with Gasteiger partial charge in [0.15, 0.2) is 11.5 Å². The smallest absolute Gasteiger partial charge is 0.313 e. The first-order valence-corrected chi connectivity index (χ1v) is 14.5. The van der Waals surface area contributed by atoms with Crippen LogP contribution in [0.3, 0.4) is 0 Å². The van der Waals surface area contributed by atoms with Crippen LogP contribution in [-0.2, 0) is 16.0 Å². The first kappa shape index (κ1) is 30.0. The maximum atomic E-state index is 16.3. The van der Waals surface area contributed by atoms with E-state index in [0.717, 1.165) is 38.5 Å². The van der Waals surface area contributed by atoms with Crippen molar-refractivity contribution in [3.63, 3.8) is 0 Å². The summed E-state index contributed by atoms with van der Waals surface area (Å²) in [6, 6.07) is 6.94. The van der Waals surface area contributed by atoms with Gasteiger partial charge in [-0.3, -0.25) is 9.36 Å². The number of esters is 1. The van der Waals surface area contributed by atoms with Gasteiger partial charge in [-0.15, -0.1) is 5.10 Å². The molecule has 2 heterocycles. The van der Waals surface area contributed by atoms with Crippen molar-refractivity contribution in [2.45, 2.75) is 77.2 Å². The summed E-state index contributed by atoms with van der Waals surface area (Å²) in [6.07, 6.45) is 5.42. The zero-order valence-electron chi connectivity index (χ0n) is 23.5. The molecule has 0 radical (unpaired) electrons. The van der Waals surface area contributed by atoms with E-state index < -0.39 is 23.2 Å². The SMILES string of the molecule is CC(C)(C)OC(=O)Cc1ccc(Cl)c(F)c1-n1c(C2CCCCCC2)nc(-c2nnc(N)o2)c1-c1ccc(F)c(Cl)c1. The second-order valence-electron chi connectivity index (χ2n) is 11.4. The number of nitrogens with two attached hydrogens (primary N) is 1. The van der Waals surface area contributed by atoms with Gasteiger partial charge in [-0.2, -0.15) is 0 Å². The number of ether oxygens (including phenoxy) is 1. The van der Waals surface area contributed by atoms with E-state index in [9.17, 15) is 9.18 Å². The highest BCUT2D eigenvalue weighted by atomic mass is 35.5. The van der Waals surface area contributed by atoms with Crippen molar-refractivity contribution < 1.29 is 22.7 Å². The molecule has 0 spiro atoms. The number of carbonyl (C=O) groups excluding carboxylic acids is 1. The number of anilines is 1. The molecule has 5 rings (SSSR count). The normalized spacial score (nSPS) is 14.6. The zero-order valence-corrected chi connectivity index (χ0v) is 25.0. The second kappa shape index (κ2) is 12.0. The Balaban J connectivity index is 1.84. The van der Waals surface area contributed by atoms with Crippen LogP contribution in [0.2, 0.25) is 10.0 Å². The highest BCUT2D eigenvalue weighted by Crippen LogP contribution is 2.43. The molecule has 42 heavy (non-hydrogen) atoms. The number of halogens is 4. The number of hydrogen-bond donors (Lipinski definition) is 1. The van der Waals surface area contributed by atoms with E-state index in [1.165, 1.54) is 24.3 Å². The number of aromatic nitrogens is 4. The number of benzene rings is 2. The highest BCUT2D eigenvalue weighted by Gasteiger charge is 2.32. The van der Waals surface area contributed by atoms with Gasteiger partial charge in [0.2, 0.25) is 0 Å². The standard InChI is InChI=1S/C30H31Cl2F2N5O3/c1-30(2,3)42-22(40)15-18-10-12-19(31)23(34)25(18)39-26(17-11-13-21(33)20(32)14-17)24(28-37-38-29(35)41-28)36-27(39)16-8-6-4-5-7-9-16/h10-14,16H,4-9,15H2,1-3H3,(H2,35,38). The maximum absolute atomic E-state index is 16.3. The molecular weight excluding hydrogens is 587 g/mol. The Kier molecular flexibility index (Phi) is 8.57. The molecule has 2 N–H and O–H groups in total. The molecular formula is C30H31Cl2F2N5O3. The van der Waals surface area contributed by atoms with Crippen molar-refractivity contribution >= 4 is 35.2 Å². The molecule has 0 saturated heterocycles. The minimum atomic E-state index is -0.754. The molecule has 1 aliphatic rings. The van der Waals surface area contributed by atoms with E-state index >= 15 is 4.39 Å². The minimum Gasteiger partial charge on any atom is -0.460 e. The predicted molar refractivity (Wildman–Crippen MR) is 157 cm³/mol. The third kappa shape index (κ3) is 6.29. The number of hydrogen-bond acceptors (Lipinski definition) is 7. The topological polar surface area (TPSA) is 109 Å². The summed E-state index contributed by atoms with van der Waals surface area (Å²) in [7, 11) is 0. The first-order chi connectivity index (χ1) is 19.9. The van der Waals surface area contributed by atoms with Crippen LogP contribution in [0.1, 0.15) is 76.6 Å². The summed E-state index contributed by atoms with van der Waals surface area (Å²) >= 11 is 12.6. The monoisotopic (exact) mass is 617 g/mol. The number of rotatable bonds is 6. The Bertz CT molecular complexity index is 1620. The van der Waals surface area contributed by atoms with Crippen molar-refractivity contribution in [1.29, 1.82) is 0 Å². The third-order valence-electron chi connectivity index (χ3n) is 7.09. The summed E-state index contributed by atoms with van der Waals surface area (Å²) in [5.74, 6) is -1.49. The Labute approximate surface area is 252 Å². The quantitative estimate of drug-likeness (QED) is 0.172. The molecule has 4 aromatic rings.